The van der Waals surface area contributed by atoms with Gasteiger partial charge in [0.05, 0.1) is 6.54 Å². The molecule has 1 saturated heterocycles. The molecule has 28 heavy (non-hydrogen) atoms. The lowest BCUT2D eigenvalue weighted by atomic mass is 10.3. The molecule has 1 saturated carbocycles. The van der Waals surface area contributed by atoms with E-state index < -0.39 is 0 Å². The van der Waals surface area contributed by atoms with Crippen molar-refractivity contribution in [3.05, 3.63) is 36.3 Å². The molecule has 1 aliphatic carbocycles. The maximum Gasteiger partial charge on any atom is 0.275 e. The number of oxazole rings is 1. The molecule has 1 aliphatic heterocycles. The summed E-state index contributed by atoms with van der Waals surface area (Å²) in [4.78, 5) is 32.3. The maximum absolute atomic E-state index is 12.8. The van der Waals surface area contributed by atoms with Crippen LogP contribution in [0.5, 0.6) is 0 Å². The molecule has 8 nitrogen and oxygen atoms in total. The standard InChI is InChI=1S/C20H28N6O2/c1-2-8-26(13-16-4-5-16)19(27)17-15-28-18(23-17)14-24-9-11-25(12-10-24)20-21-6-3-7-22-20/h3,6-7,15-16H,2,4-5,8-14H2,1H3. The Hall–Kier alpha value is -2.48. The Morgan fingerprint density at radius 1 is 1.21 bits per heavy atom. The number of carbonyl (C=O) groups is 1. The van der Waals surface area contributed by atoms with Gasteiger partial charge >= 0.3 is 0 Å². The molecule has 150 valence electrons. The van der Waals surface area contributed by atoms with Crippen LogP contribution in [0.3, 0.4) is 0 Å². The predicted molar refractivity (Wildman–Crippen MR) is 105 cm³/mol. The lowest BCUT2D eigenvalue weighted by Crippen LogP contribution is -2.46. The quantitative estimate of drug-likeness (QED) is 0.689. The van der Waals surface area contributed by atoms with Crippen LogP contribution in [0.4, 0.5) is 5.95 Å². The fraction of sp³-hybridized carbons (Fsp3) is 0.600. The highest BCUT2D eigenvalue weighted by atomic mass is 16.3. The molecule has 2 aliphatic rings. The smallest absolute Gasteiger partial charge is 0.275 e. The van der Waals surface area contributed by atoms with Crippen LogP contribution in [-0.2, 0) is 6.54 Å². The third kappa shape index (κ3) is 4.67. The molecule has 4 rings (SSSR count). The minimum Gasteiger partial charge on any atom is -0.447 e. The van der Waals surface area contributed by atoms with Crippen molar-refractivity contribution in [2.45, 2.75) is 32.7 Å². The summed E-state index contributed by atoms with van der Waals surface area (Å²) in [6.45, 7) is 7.83. The number of amides is 1. The fourth-order valence-corrected chi connectivity index (χ4v) is 3.55. The van der Waals surface area contributed by atoms with E-state index in [0.29, 0.717) is 24.0 Å². The zero-order valence-electron chi connectivity index (χ0n) is 16.5. The van der Waals surface area contributed by atoms with E-state index in [-0.39, 0.29) is 5.91 Å². The molecule has 2 fully saturated rings. The second kappa shape index (κ2) is 8.68. The van der Waals surface area contributed by atoms with Gasteiger partial charge in [0.15, 0.2) is 5.69 Å². The highest BCUT2D eigenvalue weighted by Crippen LogP contribution is 2.30. The van der Waals surface area contributed by atoms with E-state index in [1.807, 2.05) is 11.0 Å². The summed E-state index contributed by atoms with van der Waals surface area (Å²) in [7, 11) is 0. The van der Waals surface area contributed by atoms with Crippen LogP contribution in [0.25, 0.3) is 0 Å². The first-order valence-electron chi connectivity index (χ1n) is 10.2. The number of rotatable bonds is 8. The Morgan fingerprint density at radius 2 is 1.96 bits per heavy atom. The number of nitrogens with zero attached hydrogens (tertiary/aromatic N) is 6. The largest absolute Gasteiger partial charge is 0.447 e. The maximum atomic E-state index is 12.8. The van der Waals surface area contributed by atoms with Gasteiger partial charge in [-0.05, 0) is 31.2 Å². The van der Waals surface area contributed by atoms with Crippen LogP contribution >= 0.6 is 0 Å². The number of hydrogen-bond acceptors (Lipinski definition) is 7. The van der Waals surface area contributed by atoms with E-state index in [0.717, 1.165) is 51.6 Å². The number of hydrogen-bond donors (Lipinski definition) is 0. The van der Waals surface area contributed by atoms with Gasteiger partial charge in [-0.15, -0.1) is 0 Å². The summed E-state index contributed by atoms with van der Waals surface area (Å²) in [6, 6.07) is 1.83. The molecule has 0 spiro atoms. The second-order valence-corrected chi connectivity index (χ2v) is 7.63. The van der Waals surface area contributed by atoms with Gasteiger partial charge in [0.2, 0.25) is 11.8 Å². The molecule has 0 aromatic carbocycles. The molecule has 0 unspecified atom stereocenters. The van der Waals surface area contributed by atoms with Gasteiger partial charge < -0.3 is 14.2 Å². The van der Waals surface area contributed by atoms with Crippen molar-refractivity contribution in [1.82, 2.24) is 24.8 Å². The fourth-order valence-electron chi connectivity index (χ4n) is 3.55. The van der Waals surface area contributed by atoms with Crippen molar-refractivity contribution < 1.29 is 9.21 Å². The molecule has 1 amide bonds. The van der Waals surface area contributed by atoms with E-state index in [1.165, 1.54) is 19.1 Å². The summed E-state index contributed by atoms with van der Waals surface area (Å²) in [6.07, 6.45) is 8.48. The van der Waals surface area contributed by atoms with Crippen molar-refractivity contribution in [1.29, 1.82) is 0 Å². The van der Waals surface area contributed by atoms with Crippen LogP contribution in [0.2, 0.25) is 0 Å². The summed E-state index contributed by atoms with van der Waals surface area (Å²) < 4.78 is 5.61. The predicted octanol–water partition coefficient (Wildman–Crippen LogP) is 2.05. The Balaban J connectivity index is 1.30. The molecule has 0 N–H and O–H groups in total. The number of aromatic nitrogens is 3. The molecule has 0 radical (unpaired) electrons. The third-order valence-electron chi connectivity index (χ3n) is 5.29. The molecule has 2 aromatic heterocycles. The molecular formula is C20H28N6O2. The normalized spacial score (nSPS) is 17.7. The Morgan fingerprint density at radius 3 is 2.64 bits per heavy atom. The van der Waals surface area contributed by atoms with Crippen molar-refractivity contribution in [3.63, 3.8) is 0 Å². The van der Waals surface area contributed by atoms with Crippen molar-refractivity contribution >= 4 is 11.9 Å². The zero-order valence-corrected chi connectivity index (χ0v) is 16.5. The first kappa shape index (κ1) is 18.9. The Bertz CT molecular complexity index is 768. The van der Waals surface area contributed by atoms with Gasteiger partial charge in [-0.1, -0.05) is 6.92 Å². The number of anilines is 1. The van der Waals surface area contributed by atoms with Crippen LogP contribution in [0, 0.1) is 5.92 Å². The average molecular weight is 384 g/mol. The van der Waals surface area contributed by atoms with Gasteiger partial charge in [0.1, 0.15) is 6.26 Å². The highest BCUT2D eigenvalue weighted by Gasteiger charge is 2.28. The summed E-state index contributed by atoms with van der Waals surface area (Å²) in [5.74, 6) is 2.05. The SMILES string of the molecule is CCCN(CC1CC1)C(=O)c1coc(CN2CCN(c3ncccn3)CC2)n1. The summed E-state index contributed by atoms with van der Waals surface area (Å²) >= 11 is 0. The average Bonchev–Trinajstić information content (AvgIpc) is 3.44. The molecule has 2 aromatic rings. The molecule has 0 atom stereocenters. The first-order chi connectivity index (χ1) is 13.7. The minimum atomic E-state index is -0.00482. The van der Waals surface area contributed by atoms with Crippen molar-refractivity contribution in [2.24, 2.45) is 5.92 Å². The molecule has 0 bridgehead atoms. The van der Waals surface area contributed by atoms with E-state index in [9.17, 15) is 4.79 Å². The molecule has 3 heterocycles. The monoisotopic (exact) mass is 384 g/mol. The van der Waals surface area contributed by atoms with Crippen LogP contribution in [0.1, 0.15) is 42.6 Å². The second-order valence-electron chi connectivity index (χ2n) is 7.63. The van der Waals surface area contributed by atoms with Gasteiger partial charge in [-0.25, -0.2) is 15.0 Å². The lowest BCUT2D eigenvalue weighted by molar-refractivity contribution is 0.0741. The topological polar surface area (TPSA) is 78.6 Å². The van der Waals surface area contributed by atoms with Gasteiger partial charge in [0.25, 0.3) is 5.91 Å². The van der Waals surface area contributed by atoms with E-state index in [2.05, 4.69) is 31.7 Å². The Labute approximate surface area is 165 Å². The van der Waals surface area contributed by atoms with Crippen molar-refractivity contribution in [2.75, 3.05) is 44.2 Å². The van der Waals surface area contributed by atoms with Crippen LogP contribution in [-0.4, -0.2) is 69.9 Å². The minimum absolute atomic E-state index is 0.00482. The van der Waals surface area contributed by atoms with Crippen LogP contribution < -0.4 is 4.90 Å². The first-order valence-corrected chi connectivity index (χ1v) is 10.2. The third-order valence-corrected chi connectivity index (χ3v) is 5.29. The van der Waals surface area contributed by atoms with E-state index in [1.54, 1.807) is 12.4 Å². The number of piperazine rings is 1. The van der Waals surface area contributed by atoms with Crippen LogP contribution in [0.15, 0.2) is 29.1 Å². The Kier molecular flexibility index (Phi) is 5.85. The van der Waals surface area contributed by atoms with Crippen molar-refractivity contribution in [3.8, 4) is 0 Å². The summed E-state index contributed by atoms with van der Waals surface area (Å²) in [5.41, 5.74) is 0.431. The van der Waals surface area contributed by atoms with E-state index >= 15 is 0 Å². The molecule has 8 heteroatoms. The van der Waals surface area contributed by atoms with E-state index in [4.69, 9.17) is 4.42 Å². The summed E-state index contributed by atoms with van der Waals surface area (Å²) in [5, 5.41) is 0. The van der Waals surface area contributed by atoms with Gasteiger partial charge in [0, 0.05) is 51.7 Å². The molecular weight excluding hydrogens is 356 g/mol. The zero-order chi connectivity index (χ0) is 19.3. The lowest BCUT2D eigenvalue weighted by Gasteiger charge is -2.33. The van der Waals surface area contributed by atoms with Gasteiger partial charge in [-0.2, -0.15) is 0 Å². The number of carbonyl (C=O) groups excluding carboxylic acids is 1. The highest BCUT2D eigenvalue weighted by molar-refractivity contribution is 5.92. The van der Waals surface area contributed by atoms with Gasteiger partial charge in [-0.3, -0.25) is 9.69 Å².